The van der Waals surface area contributed by atoms with Gasteiger partial charge in [0.05, 0.1) is 0 Å². The van der Waals surface area contributed by atoms with E-state index in [1.165, 1.54) is 0 Å². The fourth-order valence-electron chi connectivity index (χ4n) is 5.76. The number of hydrogen-bond acceptors (Lipinski definition) is 6. The molecule has 0 saturated heterocycles. The van der Waals surface area contributed by atoms with E-state index in [0.717, 1.165) is 16.7 Å². The summed E-state index contributed by atoms with van der Waals surface area (Å²) in [7, 11) is -2.71. The lowest BCUT2D eigenvalue weighted by atomic mass is 9.83. The monoisotopic (exact) mass is 534 g/mol. The third-order valence-corrected chi connectivity index (χ3v) is 10.9. The molecule has 7 rings (SSSR count). The number of hydrogen-bond donors (Lipinski definition) is 0. The number of carbonyl (C=O) groups is 2. The number of benzene rings is 2. The zero-order valence-electron chi connectivity index (χ0n) is 20.2. The maximum absolute atomic E-state index is 13.3. The van der Waals surface area contributed by atoms with Crippen molar-refractivity contribution in [1.29, 1.82) is 0 Å². The average molecular weight is 535 g/mol. The van der Waals surface area contributed by atoms with Gasteiger partial charge in [0.2, 0.25) is 0 Å². The quantitative estimate of drug-likeness (QED) is 0.367. The van der Waals surface area contributed by atoms with Gasteiger partial charge in [-0.25, -0.2) is 20.8 Å². The van der Waals surface area contributed by atoms with Crippen LogP contribution in [0.15, 0.2) is 113 Å². The van der Waals surface area contributed by atoms with Crippen LogP contribution in [-0.4, -0.2) is 21.3 Å². The SMILES string of the molecule is O=C1c2cc(C3=CC=CC(c4ccc5c(c4)C(=O)C4C=CC=CC4=[S-]5=O)C3)ccc2[S-](=O)=C2C=CC=CC12. The number of ketones is 2. The van der Waals surface area contributed by atoms with Crippen molar-refractivity contribution in [3.8, 4) is 0 Å². The van der Waals surface area contributed by atoms with Gasteiger partial charge in [-0.15, -0.1) is 19.5 Å². The number of Topliss-reactive ketones (excluding diaryl/α,β-unsaturated/α-hetero) is 2. The summed E-state index contributed by atoms with van der Waals surface area (Å²) in [6, 6.07) is 11.3. The van der Waals surface area contributed by atoms with Crippen LogP contribution in [0.2, 0.25) is 0 Å². The zero-order valence-corrected chi connectivity index (χ0v) is 21.8. The highest BCUT2D eigenvalue weighted by atomic mass is 32.2. The maximum Gasteiger partial charge on any atom is 0.170 e. The van der Waals surface area contributed by atoms with Crippen molar-refractivity contribution in [2.45, 2.75) is 22.1 Å². The Labute approximate surface area is 224 Å². The summed E-state index contributed by atoms with van der Waals surface area (Å²) >= 11 is 0. The van der Waals surface area contributed by atoms with Crippen LogP contribution in [-0.2, 0) is 29.2 Å². The molecular weight excluding hydrogens is 512 g/mol. The smallest absolute Gasteiger partial charge is 0.170 e. The van der Waals surface area contributed by atoms with Gasteiger partial charge in [0.1, 0.15) is 0 Å². The van der Waals surface area contributed by atoms with E-state index in [2.05, 4.69) is 6.08 Å². The van der Waals surface area contributed by atoms with Crippen molar-refractivity contribution in [2.75, 3.05) is 0 Å². The van der Waals surface area contributed by atoms with Crippen LogP contribution in [0.4, 0.5) is 0 Å². The molecule has 3 unspecified atom stereocenters. The number of carbonyl (C=O) groups excluding carboxylic acids is 2. The zero-order chi connectivity index (χ0) is 26.0. The predicted molar refractivity (Wildman–Crippen MR) is 152 cm³/mol. The van der Waals surface area contributed by atoms with Gasteiger partial charge in [-0.05, 0) is 35.3 Å². The highest BCUT2D eigenvalue weighted by molar-refractivity contribution is 7.86. The molecule has 2 aliphatic heterocycles. The summed E-state index contributed by atoms with van der Waals surface area (Å²) in [5.74, 6) is -0.948. The van der Waals surface area contributed by atoms with Crippen molar-refractivity contribution in [3.63, 3.8) is 0 Å². The molecular formula is C32H22O4S2-2. The minimum absolute atomic E-state index is 0.0170. The Morgan fingerprint density at radius 3 is 1.92 bits per heavy atom. The summed E-state index contributed by atoms with van der Waals surface area (Å²) in [5, 5.41) is 0. The molecule has 0 radical (unpaired) electrons. The molecule has 0 spiro atoms. The summed E-state index contributed by atoms with van der Waals surface area (Å²) in [4.78, 5) is 29.0. The highest BCUT2D eigenvalue weighted by Crippen LogP contribution is 2.38. The summed E-state index contributed by atoms with van der Waals surface area (Å²) in [6.07, 6.45) is 21.4. The first kappa shape index (κ1) is 23.4. The Kier molecular flexibility index (Phi) is 5.49. The average Bonchev–Trinajstić information content (AvgIpc) is 2.98. The van der Waals surface area contributed by atoms with Gasteiger partial charge in [-0.2, -0.15) is 0 Å². The Balaban J connectivity index is 1.21. The van der Waals surface area contributed by atoms with E-state index in [1.54, 1.807) is 12.2 Å². The van der Waals surface area contributed by atoms with Gasteiger partial charge in [0.15, 0.2) is 11.6 Å². The number of rotatable bonds is 2. The van der Waals surface area contributed by atoms with E-state index in [-0.39, 0.29) is 17.5 Å². The Morgan fingerprint density at radius 2 is 1.26 bits per heavy atom. The molecule has 4 nitrogen and oxygen atoms in total. The molecule has 2 aromatic rings. The van der Waals surface area contributed by atoms with E-state index in [9.17, 15) is 18.0 Å². The van der Waals surface area contributed by atoms with Crippen LogP contribution in [0.5, 0.6) is 0 Å². The molecule has 188 valence electrons. The summed E-state index contributed by atoms with van der Waals surface area (Å²) < 4.78 is 26.3. The topological polar surface area (TPSA) is 68.3 Å². The third-order valence-electron chi connectivity index (χ3n) is 7.75. The van der Waals surface area contributed by atoms with Gasteiger partial charge in [-0.1, -0.05) is 91.1 Å². The lowest BCUT2D eigenvalue weighted by molar-refractivity contribution is 0.0961. The minimum atomic E-state index is -1.36. The lowest BCUT2D eigenvalue weighted by Gasteiger charge is -2.31. The van der Waals surface area contributed by atoms with Gasteiger partial charge in [0.25, 0.3) is 0 Å². The summed E-state index contributed by atoms with van der Waals surface area (Å²) in [6.45, 7) is 0. The van der Waals surface area contributed by atoms with E-state index < -0.39 is 32.6 Å². The first-order chi connectivity index (χ1) is 18.5. The molecule has 0 amide bonds. The standard InChI is InChI=1S/C32H22O4S2/c33-31-23-8-1-3-10-27(23)37(35)29-14-12-21(17-25(29)31)19-6-5-7-20(16-19)22-13-15-30-26(18-22)32(34)24-9-2-4-11-28(24)38(30)36/h1-15,17-19,23-24H,16H2/q-2. The van der Waals surface area contributed by atoms with Crippen LogP contribution in [0.1, 0.15) is 44.2 Å². The van der Waals surface area contributed by atoms with Crippen molar-refractivity contribution in [2.24, 2.45) is 11.8 Å². The largest absolute Gasteiger partial charge is 0.457 e. The molecule has 38 heavy (non-hydrogen) atoms. The van der Waals surface area contributed by atoms with Crippen LogP contribution in [0.3, 0.4) is 0 Å². The second-order valence-corrected chi connectivity index (χ2v) is 12.8. The van der Waals surface area contributed by atoms with Crippen molar-refractivity contribution >= 4 is 47.6 Å². The third kappa shape index (κ3) is 3.55. The van der Waals surface area contributed by atoms with Crippen LogP contribution >= 0.6 is 0 Å². The lowest BCUT2D eigenvalue weighted by Crippen LogP contribution is -2.29. The highest BCUT2D eigenvalue weighted by Gasteiger charge is 2.28. The van der Waals surface area contributed by atoms with Crippen LogP contribution in [0.25, 0.3) is 5.57 Å². The summed E-state index contributed by atoms with van der Waals surface area (Å²) in [5.41, 5.74) is 4.03. The van der Waals surface area contributed by atoms with Gasteiger partial charge < -0.3 is 8.42 Å². The Hall–Kier alpha value is -3.74. The fourth-order valence-corrected chi connectivity index (χ4v) is 8.61. The van der Waals surface area contributed by atoms with E-state index in [1.807, 2.05) is 85.0 Å². The normalized spacial score (nSPS) is 25.7. The molecule has 0 saturated carbocycles. The molecule has 2 aromatic carbocycles. The molecule has 0 N–H and O–H groups in total. The number of fused-ring (bicyclic) bond motifs is 4. The molecule has 5 aliphatic rings. The maximum atomic E-state index is 13.3. The predicted octanol–water partition coefficient (Wildman–Crippen LogP) is 5.68. The molecule has 0 bridgehead atoms. The fraction of sp³-hybridized carbons (Fsp3) is 0.125. The van der Waals surface area contributed by atoms with Crippen LogP contribution < -0.4 is 0 Å². The Bertz CT molecular complexity index is 1830. The van der Waals surface area contributed by atoms with E-state index >= 15 is 0 Å². The van der Waals surface area contributed by atoms with Crippen molar-refractivity contribution < 1.29 is 18.0 Å². The van der Waals surface area contributed by atoms with E-state index in [0.29, 0.717) is 37.1 Å². The van der Waals surface area contributed by atoms with Crippen molar-refractivity contribution in [1.82, 2.24) is 0 Å². The number of allylic oxidation sites excluding steroid dienone is 12. The molecule has 3 aliphatic carbocycles. The second kappa shape index (κ2) is 8.93. The first-order valence-corrected chi connectivity index (χ1v) is 14.8. The molecule has 0 aromatic heterocycles. The minimum Gasteiger partial charge on any atom is -0.457 e. The van der Waals surface area contributed by atoms with Gasteiger partial charge >= 0.3 is 0 Å². The molecule has 2 heterocycles. The van der Waals surface area contributed by atoms with Gasteiger partial charge in [0, 0.05) is 28.9 Å². The van der Waals surface area contributed by atoms with Gasteiger partial charge in [-0.3, -0.25) is 9.59 Å². The molecule has 0 fully saturated rings. The molecule has 3 atom stereocenters. The first-order valence-electron chi connectivity index (χ1n) is 12.5. The van der Waals surface area contributed by atoms with E-state index in [4.69, 9.17) is 0 Å². The second-order valence-electron chi connectivity index (χ2n) is 9.87. The van der Waals surface area contributed by atoms with Crippen molar-refractivity contribution in [3.05, 3.63) is 125 Å². The Morgan fingerprint density at radius 1 is 0.658 bits per heavy atom. The van der Waals surface area contributed by atoms with Crippen LogP contribution in [0, 0.1) is 11.8 Å². The molecule has 6 heteroatoms.